The molecule has 0 bridgehead atoms. The van der Waals surface area contributed by atoms with E-state index in [4.69, 9.17) is 0 Å². The van der Waals surface area contributed by atoms with Gasteiger partial charge >= 0.3 is 0 Å². The van der Waals surface area contributed by atoms with Gasteiger partial charge in [-0.1, -0.05) is 30.3 Å². The van der Waals surface area contributed by atoms with Gasteiger partial charge in [-0.05, 0) is 67.5 Å². The number of carbonyl (C=O) groups is 2. The predicted molar refractivity (Wildman–Crippen MR) is 120 cm³/mol. The van der Waals surface area contributed by atoms with E-state index < -0.39 is 0 Å². The number of phenolic OH excluding ortho intramolecular Hbond substituents is 1. The normalized spacial score (nSPS) is 12.8. The Hall–Kier alpha value is -3.12. The first-order chi connectivity index (χ1) is 14.6. The van der Waals surface area contributed by atoms with Crippen molar-refractivity contribution in [1.29, 1.82) is 0 Å². The molecule has 5 nitrogen and oxygen atoms in total. The van der Waals surface area contributed by atoms with Crippen LogP contribution >= 0.6 is 11.3 Å². The number of aromatic hydroxyl groups is 1. The molecule has 1 aromatic heterocycles. The van der Waals surface area contributed by atoms with Gasteiger partial charge in [0.05, 0.1) is 5.56 Å². The number of hydrogen-bond donors (Lipinski definition) is 3. The highest BCUT2D eigenvalue weighted by Crippen LogP contribution is 2.38. The number of anilines is 1. The molecule has 1 heterocycles. The predicted octanol–water partition coefficient (Wildman–Crippen LogP) is 4.56. The lowest BCUT2D eigenvalue weighted by Gasteiger charge is -2.13. The summed E-state index contributed by atoms with van der Waals surface area (Å²) in [4.78, 5) is 26.9. The van der Waals surface area contributed by atoms with E-state index in [1.165, 1.54) is 16.2 Å². The Balaban J connectivity index is 1.50. The first-order valence-electron chi connectivity index (χ1n) is 10.2. The third-order valence-electron chi connectivity index (χ3n) is 5.30. The van der Waals surface area contributed by atoms with Gasteiger partial charge in [-0.15, -0.1) is 11.3 Å². The molecule has 3 aromatic rings. The van der Waals surface area contributed by atoms with Gasteiger partial charge < -0.3 is 15.7 Å². The smallest absolute Gasteiger partial charge is 0.256 e. The monoisotopic (exact) mass is 420 g/mol. The van der Waals surface area contributed by atoms with Gasteiger partial charge in [0.15, 0.2) is 0 Å². The second-order valence-electron chi connectivity index (χ2n) is 7.41. The number of nitrogens with one attached hydrogen (secondary N) is 2. The van der Waals surface area contributed by atoms with Gasteiger partial charge in [0.1, 0.15) is 10.8 Å². The van der Waals surface area contributed by atoms with E-state index in [1.807, 2.05) is 30.3 Å². The minimum Gasteiger partial charge on any atom is -0.508 e. The van der Waals surface area contributed by atoms with Crippen LogP contribution in [0, 0.1) is 0 Å². The van der Waals surface area contributed by atoms with Gasteiger partial charge in [0.25, 0.3) is 11.8 Å². The number of fused-ring (bicyclic) bond motifs is 1. The second kappa shape index (κ2) is 9.13. The van der Waals surface area contributed by atoms with Crippen LogP contribution in [0.5, 0.6) is 5.75 Å². The lowest BCUT2D eigenvalue weighted by molar-refractivity contribution is 0.0954. The quantitative estimate of drug-likeness (QED) is 0.547. The van der Waals surface area contributed by atoms with E-state index in [9.17, 15) is 14.7 Å². The second-order valence-corrected chi connectivity index (χ2v) is 8.51. The van der Waals surface area contributed by atoms with E-state index >= 15 is 0 Å². The molecule has 0 atom stereocenters. The van der Waals surface area contributed by atoms with E-state index in [-0.39, 0.29) is 17.6 Å². The fourth-order valence-corrected chi connectivity index (χ4v) is 5.01. The summed E-state index contributed by atoms with van der Waals surface area (Å²) in [6, 6.07) is 16.0. The van der Waals surface area contributed by atoms with Crippen molar-refractivity contribution in [1.82, 2.24) is 5.32 Å². The van der Waals surface area contributed by atoms with Crippen LogP contribution in [0.2, 0.25) is 0 Å². The van der Waals surface area contributed by atoms with E-state index in [1.54, 1.807) is 24.3 Å². The summed E-state index contributed by atoms with van der Waals surface area (Å²) in [6.07, 6.45) is 4.66. The molecule has 6 heteroatoms. The van der Waals surface area contributed by atoms with Gasteiger partial charge in [0.2, 0.25) is 0 Å². The lowest BCUT2D eigenvalue weighted by atomic mass is 9.95. The maximum absolute atomic E-state index is 13.1. The molecule has 0 saturated heterocycles. The van der Waals surface area contributed by atoms with E-state index in [0.29, 0.717) is 29.1 Å². The van der Waals surface area contributed by atoms with Crippen molar-refractivity contribution in [3.63, 3.8) is 0 Å². The van der Waals surface area contributed by atoms with Gasteiger partial charge in [-0.3, -0.25) is 9.59 Å². The highest BCUT2D eigenvalue weighted by Gasteiger charge is 2.26. The summed E-state index contributed by atoms with van der Waals surface area (Å²) in [5.41, 5.74) is 3.31. The number of carbonyl (C=O) groups excluding carboxylic acids is 2. The van der Waals surface area contributed by atoms with Crippen LogP contribution in [0.25, 0.3) is 0 Å². The molecular formula is C24H24N2O3S. The molecule has 0 unspecified atom stereocenters. The Labute approximate surface area is 179 Å². The topological polar surface area (TPSA) is 78.4 Å². The molecule has 0 radical (unpaired) electrons. The summed E-state index contributed by atoms with van der Waals surface area (Å²) < 4.78 is 0. The average molecular weight is 421 g/mol. The van der Waals surface area contributed by atoms with Crippen LogP contribution < -0.4 is 10.6 Å². The Bertz CT molecular complexity index is 1040. The van der Waals surface area contributed by atoms with Crippen molar-refractivity contribution in [3.8, 4) is 5.75 Å². The highest BCUT2D eigenvalue weighted by molar-refractivity contribution is 7.17. The number of aryl methyl sites for hydroxylation is 1. The van der Waals surface area contributed by atoms with Crippen molar-refractivity contribution < 1.29 is 14.7 Å². The average Bonchev–Trinajstić information content (AvgIpc) is 3.13. The van der Waals surface area contributed by atoms with Crippen molar-refractivity contribution in [2.24, 2.45) is 0 Å². The zero-order chi connectivity index (χ0) is 20.9. The van der Waals surface area contributed by atoms with E-state index in [2.05, 4.69) is 10.6 Å². The Kier molecular flexibility index (Phi) is 6.14. The number of phenols is 1. The fourth-order valence-electron chi connectivity index (χ4n) is 3.73. The molecule has 0 fully saturated rings. The molecule has 0 saturated carbocycles. The Morgan fingerprint density at radius 3 is 2.43 bits per heavy atom. The van der Waals surface area contributed by atoms with Gasteiger partial charge in [-0.25, -0.2) is 0 Å². The number of hydrogen-bond acceptors (Lipinski definition) is 4. The summed E-state index contributed by atoms with van der Waals surface area (Å²) in [5, 5.41) is 16.0. The first kappa shape index (κ1) is 20.2. The van der Waals surface area contributed by atoms with Crippen LogP contribution in [0.15, 0.2) is 54.6 Å². The fraction of sp³-hybridized carbons (Fsp3) is 0.250. The van der Waals surface area contributed by atoms with Crippen molar-refractivity contribution in [2.75, 3.05) is 11.9 Å². The summed E-state index contributed by atoms with van der Waals surface area (Å²) in [6.45, 7) is 0.486. The van der Waals surface area contributed by atoms with Gasteiger partial charge in [0, 0.05) is 17.0 Å². The molecule has 2 aromatic carbocycles. The third kappa shape index (κ3) is 4.54. The molecule has 154 valence electrons. The van der Waals surface area contributed by atoms with Crippen LogP contribution in [0.1, 0.15) is 49.6 Å². The summed E-state index contributed by atoms with van der Waals surface area (Å²) in [5.74, 6) is -0.115. The number of benzene rings is 2. The minimum absolute atomic E-state index is 0.142. The van der Waals surface area contributed by atoms with Crippen LogP contribution in [0.4, 0.5) is 5.00 Å². The zero-order valence-corrected chi connectivity index (χ0v) is 17.4. The van der Waals surface area contributed by atoms with E-state index in [0.717, 1.165) is 36.8 Å². The number of rotatable bonds is 6. The SMILES string of the molecule is O=C(Nc1sc2c(c1C(=O)NCCc1ccc(O)cc1)CCCC2)c1ccccc1. The maximum Gasteiger partial charge on any atom is 0.256 e. The molecule has 1 aliphatic carbocycles. The zero-order valence-electron chi connectivity index (χ0n) is 16.6. The summed E-state index contributed by atoms with van der Waals surface area (Å²) >= 11 is 1.52. The highest BCUT2D eigenvalue weighted by atomic mass is 32.1. The molecular weight excluding hydrogens is 396 g/mol. The largest absolute Gasteiger partial charge is 0.508 e. The van der Waals surface area contributed by atoms with Crippen molar-refractivity contribution in [3.05, 3.63) is 81.7 Å². The first-order valence-corrected chi connectivity index (χ1v) is 11.0. The molecule has 30 heavy (non-hydrogen) atoms. The molecule has 1 aliphatic rings. The van der Waals surface area contributed by atoms with Crippen molar-refractivity contribution in [2.45, 2.75) is 32.1 Å². The number of thiophene rings is 1. The lowest BCUT2D eigenvalue weighted by Crippen LogP contribution is -2.27. The molecule has 4 rings (SSSR count). The Morgan fingerprint density at radius 2 is 1.67 bits per heavy atom. The maximum atomic E-state index is 13.1. The van der Waals surface area contributed by atoms with Crippen LogP contribution in [-0.2, 0) is 19.3 Å². The Morgan fingerprint density at radius 1 is 0.933 bits per heavy atom. The standard InChI is InChI=1S/C24H24N2O3S/c27-18-12-10-16(11-13-18)14-15-25-23(29)21-19-8-4-5-9-20(19)30-24(21)26-22(28)17-6-2-1-3-7-17/h1-3,6-7,10-13,27H,4-5,8-9,14-15H2,(H,25,29)(H,26,28). The van der Waals surface area contributed by atoms with Crippen molar-refractivity contribution >= 4 is 28.2 Å². The molecule has 0 aliphatic heterocycles. The van der Waals surface area contributed by atoms with Crippen LogP contribution in [0.3, 0.4) is 0 Å². The minimum atomic E-state index is -0.202. The summed E-state index contributed by atoms with van der Waals surface area (Å²) in [7, 11) is 0. The molecule has 2 amide bonds. The number of amides is 2. The molecule has 3 N–H and O–H groups in total. The van der Waals surface area contributed by atoms with Gasteiger partial charge in [-0.2, -0.15) is 0 Å². The molecule has 0 spiro atoms. The third-order valence-corrected chi connectivity index (χ3v) is 6.50. The van der Waals surface area contributed by atoms with Crippen LogP contribution in [-0.4, -0.2) is 23.5 Å².